The van der Waals surface area contributed by atoms with Gasteiger partial charge in [0, 0.05) is 27.2 Å². The van der Waals surface area contributed by atoms with Crippen molar-refractivity contribution in [1.82, 2.24) is 14.5 Å². The minimum Gasteiger partial charge on any atom is -0.453 e. The lowest BCUT2D eigenvalue weighted by atomic mass is 10.0. The third kappa shape index (κ3) is 5.26. The Labute approximate surface area is 121 Å². The maximum absolute atomic E-state index is 12.2. The Hall–Kier alpha value is -0.860. The number of amides is 1. The van der Waals surface area contributed by atoms with Crippen LogP contribution in [0.25, 0.3) is 0 Å². The van der Waals surface area contributed by atoms with Crippen LogP contribution in [0.1, 0.15) is 12.8 Å². The van der Waals surface area contributed by atoms with Crippen molar-refractivity contribution in [1.29, 1.82) is 0 Å². The summed E-state index contributed by atoms with van der Waals surface area (Å²) in [5.74, 6) is 0.412. The molecule has 1 aliphatic heterocycles. The van der Waals surface area contributed by atoms with E-state index in [0.717, 1.165) is 25.9 Å². The molecule has 7 nitrogen and oxygen atoms in total. The van der Waals surface area contributed by atoms with Crippen molar-refractivity contribution < 1.29 is 17.9 Å². The van der Waals surface area contributed by atoms with E-state index in [0.29, 0.717) is 6.54 Å². The molecule has 0 saturated carbocycles. The number of hydrogen-bond acceptors (Lipinski definition) is 5. The maximum atomic E-state index is 12.2. The van der Waals surface area contributed by atoms with Gasteiger partial charge in [-0.2, -0.15) is 0 Å². The fourth-order valence-electron chi connectivity index (χ4n) is 2.15. The first kappa shape index (κ1) is 17.2. The highest BCUT2D eigenvalue weighted by molar-refractivity contribution is 7.89. The first-order chi connectivity index (χ1) is 9.36. The van der Waals surface area contributed by atoms with Gasteiger partial charge in [-0.15, -0.1) is 0 Å². The molecule has 0 aromatic heterocycles. The molecule has 1 rings (SSSR count). The molecule has 0 bridgehead atoms. The van der Waals surface area contributed by atoms with Crippen LogP contribution >= 0.6 is 0 Å². The molecule has 1 aliphatic rings. The van der Waals surface area contributed by atoms with Gasteiger partial charge in [-0.25, -0.2) is 17.5 Å². The van der Waals surface area contributed by atoms with Gasteiger partial charge in [0.2, 0.25) is 10.0 Å². The van der Waals surface area contributed by atoms with Crippen LogP contribution < -0.4 is 5.32 Å². The number of ether oxygens (including phenoxy) is 1. The van der Waals surface area contributed by atoms with Crippen LogP contribution in [0.3, 0.4) is 0 Å². The van der Waals surface area contributed by atoms with E-state index < -0.39 is 16.1 Å². The average molecular weight is 307 g/mol. The Bertz CT molecular complexity index is 407. The zero-order valence-corrected chi connectivity index (χ0v) is 13.3. The third-order valence-electron chi connectivity index (χ3n) is 3.62. The first-order valence-corrected chi connectivity index (χ1v) is 8.41. The highest BCUT2D eigenvalue weighted by Crippen LogP contribution is 2.15. The summed E-state index contributed by atoms with van der Waals surface area (Å²) in [4.78, 5) is 12.6. The number of carbonyl (C=O) groups excluding carboxylic acids is 1. The van der Waals surface area contributed by atoms with E-state index in [1.807, 2.05) is 0 Å². The van der Waals surface area contributed by atoms with E-state index in [1.165, 1.54) is 16.3 Å². The van der Waals surface area contributed by atoms with Gasteiger partial charge in [0.15, 0.2) is 0 Å². The summed E-state index contributed by atoms with van der Waals surface area (Å²) in [6, 6.07) is 0. The van der Waals surface area contributed by atoms with Crippen LogP contribution in [-0.4, -0.2) is 76.9 Å². The zero-order chi connectivity index (χ0) is 15.2. The Morgan fingerprint density at radius 3 is 2.40 bits per heavy atom. The number of hydrogen-bond donors (Lipinski definition) is 1. The van der Waals surface area contributed by atoms with Crippen molar-refractivity contribution >= 4 is 16.1 Å². The maximum Gasteiger partial charge on any atom is 0.409 e. The van der Waals surface area contributed by atoms with Crippen LogP contribution in [0.15, 0.2) is 0 Å². The molecule has 0 aromatic rings. The fraction of sp³-hybridized carbons (Fsp3) is 0.917. The summed E-state index contributed by atoms with van der Waals surface area (Å²) in [7, 11) is 1.18. The van der Waals surface area contributed by atoms with Crippen molar-refractivity contribution in [3.05, 3.63) is 0 Å². The number of piperidine rings is 1. The number of rotatable bonds is 6. The summed E-state index contributed by atoms with van der Waals surface area (Å²) < 4.78 is 30.3. The van der Waals surface area contributed by atoms with E-state index in [4.69, 9.17) is 0 Å². The number of sulfonamides is 1. The Morgan fingerprint density at radius 1 is 1.25 bits per heavy atom. The molecule has 0 atom stereocenters. The predicted octanol–water partition coefficient (Wildman–Crippen LogP) is -0.0542. The fourth-order valence-corrected chi connectivity index (χ4v) is 3.69. The molecule has 1 fully saturated rings. The predicted molar refractivity (Wildman–Crippen MR) is 77.0 cm³/mol. The largest absolute Gasteiger partial charge is 0.453 e. The van der Waals surface area contributed by atoms with Gasteiger partial charge in [0.05, 0.1) is 12.9 Å². The molecular formula is C12H25N3O4S. The Morgan fingerprint density at radius 2 is 1.85 bits per heavy atom. The van der Waals surface area contributed by atoms with E-state index in [1.54, 1.807) is 14.1 Å². The zero-order valence-electron chi connectivity index (χ0n) is 12.5. The quantitative estimate of drug-likeness (QED) is 0.744. The molecule has 0 unspecified atom stereocenters. The molecule has 0 aliphatic carbocycles. The molecule has 20 heavy (non-hydrogen) atoms. The van der Waals surface area contributed by atoms with Crippen LogP contribution in [0, 0.1) is 5.92 Å². The minimum absolute atomic E-state index is 0.188. The van der Waals surface area contributed by atoms with Crippen molar-refractivity contribution in [3.8, 4) is 0 Å². The lowest BCUT2D eigenvalue weighted by Crippen LogP contribution is -2.40. The highest BCUT2D eigenvalue weighted by atomic mass is 32.2. The number of nitrogens with zero attached hydrogens (tertiary/aromatic N) is 2. The van der Waals surface area contributed by atoms with E-state index in [-0.39, 0.29) is 18.2 Å². The smallest absolute Gasteiger partial charge is 0.409 e. The Balaban J connectivity index is 2.43. The average Bonchev–Trinajstić information content (AvgIpc) is 2.43. The van der Waals surface area contributed by atoms with E-state index in [2.05, 4.69) is 10.1 Å². The molecule has 8 heteroatoms. The van der Waals surface area contributed by atoms with Crippen molar-refractivity contribution in [3.63, 3.8) is 0 Å². The number of nitrogens with one attached hydrogen (secondary N) is 1. The SMILES string of the molecule is COC(=O)N(C)CCN(C)S(=O)(=O)CC1CCNCC1. The van der Waals surface area contributed by atoms with E-state index in [9.17, 15) is 13.2 Å². The molecule has 0 spiro atoms. The Kier molecular flexibility index (Phi) is 6.70. The first-order valence-electron chi connectivity index (χ1n) is 6.80. The summed E-state index contributed by atoms with van der Waals surface area (Å²) in [5.41, 5.74) is 0. The summed E-state index contributed by atoms with van der Waals surface area (Å²) in [5, 5.41) is 3.22. The molecule has 1 heterocycles. The molecule has 118 valence electrons. The van der Waals surface area contributed by atoms with Gasteiger partial charge in [0.1, 0.15) is 0 Å². The van der Waals surface area contributed by atoms with Crippen molar-refractivity contribution in [2.24, 2.45) is 5.92 Å². The number of carbonyl (C=O) groups is 1. The topological polar surface area (TPSA) is 79.0 Å². The lowest BCUT2D eigenvalue weighted by molar-refractivity contribution is 0.132. The highest BCUT2D eigenvalue weighted by Gasteiger charge is 2.25. The van der Waals surface area contributed by atoms with Crippen LogP contribution in [0.2, 0.25) is 0 Å². The van der Waals surface area contributed by atoms with Gasteiger partial charge in [-0.3, -0.25) is 0 Å². The molecular weight excluding hydrogens is 282 g/mol. The standard InChI is InChI=1S/C12H25N3O4S/c1-14(12(16)19-3)8-9-15(2)20(17,18)10-11-4-6-13-7-5-11/h11,13H,4-10H2,1-3H3. The van der Waals surface area contributed by atoms with E-state index >= 15 is 0 Å². The second kappa shape index (κ2) is 7.80. The molecule has 0 aromatic carbocycles. The van der Waals surface area contributed by atoms with Crippen molar-refractivity contribution in [2.45, 2.75) is 12.8 Å². The normalized spacial score (nSPS) is 17.2. The van der Waals surface area contributed by atoms with Gasteiger partial charge >= 0.3 is 6.09 Å². The summed E-state index contributed by atoms with van der Waals surface area (Å²) in [6.45, 7) is 2.36. The van der Waals surface area contributed by atoms with Gasteiger partial charge in [0.25, 0.3) is 0 Å². The minimum atomic E-state index is -3.26. The number of methoxy groups -OCH3 is 1. The monoisotopic (exact) mass is 307 g/mol. The third-order valence-corrected chi connectivity index (χ3v) is 5.64. The second-order valence-corrected chi connectivity index (χ2v) is 7.31. The van der Waals surface area contributed by atoms with Gasteiger partial charge in [-0.05, 0) is 31.8 Å². The molecule has 1 amide bonds. The number of likely N-dealkylation sites (N-methyl/N-ethyl adjacent to an activating group) is 2. The molecule has 1 N–H and O–H groups in total. The van der Waals surface area contributed by atoms with Gasteiger partial charge in [-0.1, -0.05) is 0 Å². The van der Waals surface area contributed by atoms with Gasteiger partial charge < -0.3 is 15.0 Å². The van der Waals surface area contributed by atoms with Crippen LogP contribution in [0.5, 0.6) is 0 Å². The van der Waals surface area contributed by atoms with Crippen LogP contribution in [-0.2, 0) is 14.8 Å². The lowest BCUT2D eigenvalue weighted by Gasteiger charge is -2.26. The van der Waals surface area contributed by atoms with Crippen molar-refractivity contribution in [2.75, 3.05) is 53.1 Å². The summed E-state index contributed by atoms with van der Waals surface area (Å²) >= 11 is 0. The molecule has 0 radical (unpaired) electrons. The second-order valence-electron chi connectivity index (χ2n) is 5.19. The molecule has 1 saturated heterocycles. The summed E-state index contributed by atoms with van der Waals surface area (Å²) in [6.07, 6.45) is 1.33. The van der Waals surface area contributed by atoms with Crippen LogP contribution in [0.4, 0.5) is 4.79 Å².